The fraction of sp³-hybridized carbons (Fsp3) is 0.429. The number of hydrogen-bond donors (Lipinski definition) is 2. The summed E-state index contributed by atoms with van der Waals surface area (Å²) < 4.78 is 10.7. The van der Waals surface area contributed by atoms with E-state index in [1.807, 2.05) is 31.4 Å². The molecule has 0 saturated heterocycles. The van der Waals surface area contributed by atoms with Crippen molar-refractivity contribution in [3.05, 3.63) is 34.7 Å². The van der Waals surface area contributed by atoms with Crippen LogP contribution in [0.1, 0.15) is 30.2 Å². The molecule has 1 unspecified atom stereocenters. The third-order valence-corrected chi connectivity index (χ3v) is 3.68. The summed E-state index contributed by atoms with van der Waals surface area (Å²) in [4.78, 5) is 16.3. The molecule has 0 spiro atoms. The molecular formula is C14H19N3O3S. The van der Waals surface area contributed by atoms with E-state index in [4.69, 9.17) is 9.15 Å². The average Bonchev–Trinajstić information content (AvgIpc) is 3.07. The highest BCUT2D eigenvalue weighted by atomic mass is 32.1. The summed E-state index contributed by atoms with van der Waals surface area (Å²) in [5, 5.41) is 8.05. The third-order valence-electron chi connectivity index (χ3n) is 2.88. The van der Waals surface area contributed by atoms with E-state index >= 15 is 0 Å². The molecule has 0 aliphatic carbocycles. The maximum atomic E-state index is 12.0. The zero-order valence-corrected chi connectivity index (χ0v) is 13.1. The molecule has 0 aromatic carbocycles. The van der Waals surface area contributed by atoms with Crippen LogP contribution in [0.5, 0.6) is 0 Å². The van der Waals surface area contributed by atoms with Crippen molar-refractivity contribution in [3.8, 4) is 0 Å². The Balaban J connectivity index is 1.97. The molecule has 2 heterocycles. The summed E-state index contributed by atoms with van der Waals surface area (Å²) >= 11 is 1.41. The van der Waals surface area contributed by atoms with Gasteiger partial charge in [-0.15, -0.1) is 11.3 Å². The Hall–Kier alpha value is -1.86. The number of furan rings is 1. The molecule has 114 valence electrons. The first kappa shape index (κ1) is 15.5. The number of anilines is 1. The molecule has 2 aromatic heterocycles. The Morgan fingerprint density at radius 3 is 2.90 bits per heavy atom. The van der Waals surface area contributed by atoms with Gasteiger partial charge >= 0.3 is 6.03 Å². The largest absolute Gasteiger partial charge is 0.464 e. The van der Waals surface area contributed by atoms with Gasteiger partial charge in [0, 0.05) is 12.5 Å². The Kier molecular flexibility index (Phi) is 5.35. The molecule has 0 bridgehead atoms. The average molecular weight is 309 g/mol. The van der Waals surface area contributed by atoms with Gasteiger partial charge in [-0.2, -0.15) is 0 Å². The third kappa shape index (κ3) is 4.30. The summed E-state index contributed by atoms with van der Waals surface area (Å²) in [5.74, 6) is 1.46. The lowest BCUT2D eigenvalue weighted by molar-refractivity contribution is 0.158. The summed E-state index contributed by atoms with van der Waals surface area (Å²) in [6.45, 7) is 4.21. The maximum absolute atomic E-state index is 12.0. The first-order chi connectivity index (χ1) is 10.1. The number of urea groups is 1. The second kappa shape index (κ2) is 7.24. The molecule has 0 aliphatic rings. The minimum Gasteiger partial charge on any atom is -0.464 e. The standard InChI is InChI=1S/C14H19N3O3S/c1-4-10-8-21-14(15-10)17-13(18)16-11(7-19-3)12-6-5-9(2)20-12/h5-6,8,11H,4,7H2,1-3H3,(H2,15,16,17,18). The molecule has 0 fully saturated rings. The number of ether oxygens (including phenoxy) is 1. The zero-order valence-electron chi connectivity index (χ0n) is 12.3. The topological polar surface area (TPSA) is 76.4 Å². The first-order valence-electron chi connectivity index (χ1n) is 6.69. The van der Waals surface area contributed by atoms with Crippen LogP contribution < -0.4 is 10.6 Å². The van der Waals surface area contributed by atoms with Gasteiger partial charge in [0.25, 0.3) is 0 Å². The molecule has 2 aromatic rings. The number of carbonyl (C=O) groups excluding carboxylic acids is 1. The van der Waals surface area contributed by atoms with E-state index in [1.54, 1.807) is 7.11 Å². The lowest BCUT2D eigenvalue weighted by Gasteiger charge is -2.15. The highest BCUT2D eigenvalue weighted by Crippen LogP contribution is 2.18. The molecule has 7 heteroatoms. The number of aryl methyl sites for hydroxylation is 2. The van der Waals surface area contributed by atoms with Crippen LogP contribution in [0.2, 0.25) is 0 Å². The molecule has 6 nitrogen and oxygen atoms in total. The van der Waals surface area contributed by atoms with E-state index in [0.717, 1.165) is 17.9 Å². The first-order valence-corrected chi connectivity index (χ1v) is 7.57. The van der Waals surface area contributed by atoms with Crippen LogP contribution in [0.4, 0.5) is 9.93 Å². The Bertz CT molecular complexity index is 594. The number of hydrogen-bond acceptors (Lipinski definition) is 5. The second-order valence-corrected chi connectivity index (χ2v) is 5.41. The van der Waals surface area contributed by atoms with E-state index < -0.39 is 0 Å². The van der Waals surface area contributed by atoms with E-state index in [1.165, 1.54) is 11.3 Å². The number of rotatable bonds is 6. The van der Waals surface area contributed by atoms with Gasteiger partial charge in [0.2, 0.25) is 0 Å². The number of carbonyl (C=O) groups is 1. The van der Waals surface area contributed by atoms with Gasteiger partial charge in [-0.1, -0.05) is 6.92 Å². The van der Waals surface area contributed by atoms with Gasteiger partial charge in [-0.3, -0.25) is 5.32 Å². The molecule has 0 saturated carbocycles. The van der Waals surface area contributed by atoms with Crippen LogP contribution in [0, 0.1) is 6.92 Å². The Labute approximate surface area is 127 Å². The quantitative estimate of drug-likeness (QED) is 0.859. The summed E-state index contributed by atoms with van der Waals surface area (Å²) in [7, 11) is 1.58. The van der Waals surface area contributed by atoms with Crippen LogP contribution in [0.25, 0.3) is 0 Å². The van der Waals surface area contributed by atoms with Gasteiger partial charge in [-0.05, 0) is 25.5 Å². The van der Waals surface area contributed by atoms with E-state index in [2.05, 4.69) is 15.6 Å². The highest BCUT2D eigenvalue weighted by Gasteiger charge is 2.18. The van der Waals surface area contributed by atoms with E-state index in [9.17, 15) is 4.79 Å². The van der Waals surface area contributed by atoms with Gasteiger partial charge in [-0.25, -0.2) is 9.78 Å². The van der Waals surface area contributed by atoms with Crippen molar-refractivity contribution in [1.29, 1.82) is 0 Å². The van der Waals surface area contributed by atoms with Crippen molar-refractivity contribution in [2.45, 2.75) is 26.3 Å². The molecule has 2 amide bonds. The van der Waals surface area contributed by atoms with Crippen LogP contribution in [-0.4, -0.2) is 24.7 Å². The van der Waals surface area contributed by atoms with Crippen LogP contribution in [-0.2, 0) is 11.2 Å². The van der Waals surface area contributed by atoms with Crippen LogP contribution in [0.15, 0.2) is 21.9 Å². The van der Waals surface area contributed by atoms with E-state index in [-0.39, 0.29) is 12.1 Å². The zero-order chi connectivity index (χ0) is 15.2. The Morgan fingerprint density at radius 1 is 1.52 bits per heavy atom. The minimum atomic E-state index is -0.339. The monoisotopic (exact) mass is 309 g/mol. The number of aromatic nitrogens is 1. The molecule has 0 radical (unpaired) electrons. The van der Waals surface area contributed by atoms with Crippen LogP contribution in [0.3, 0.4) is 0 Å². The smallest absolute Gasteiger partial charge is 0.321 e. The van der Waals surface area contributed by atoms with Crippen molar-refractivity contribution < 1.29 is 13.9 Å². The van der Waals surface area contributed by atoms with Crippen LogP contribution >= 0.6 is 11.3 Å². The normalized spacial score (nSPS) is 12.1. The molecule has 2 N–H and O–H groups in total. The lowest BCUT2D eigenvalue weighted by Crippen LogP contribution is -2.34. The van der Waals surface area contributed by atoms with Crippen molar-refractivity contribution in [3.63, 3.8) is 0 Å². The number of methoxy groups -OCH3 is 1. The Morgan fingerprint density at radius 2 is 2.33 bits per heavy atom. The van der Waals surface area contributed by atoms with Gasteiger partial charge in [0.05, 0.1) is 12.3 Å². The summed E-state index contributed by atoms with van der Waals surface area (Å²) in [6.07, 6.45) is 0.845. The SMILES string of the molecule is CCc1csc(NC(=O)NC(COC)c2ccc(C)o2)n1. The van der Waals surface area contributed by atoms with Crippen molar-refractivity contribution >= 4 is 22.5 Å². The summed E-state index contributed by atoms with van der Waals surface area (Å²) in [6, 6.07) is 3.02. The van der Waals surface area contributed by atoms with Crippen molar-refractivity contribution in [2.24, 2.45) is 0 Å². The van der Waals surface area contributed by atoms with Crippen molar-refractivity contribution in [2.75, 3.05) is 19.0 Å². The van der Waals surface area contributed by atoms with Gasteiger partial charge < -0.3 is 14.5 Å². The molecule has 1 atom stereocenters. The molecule has 0 aliphatic heterocycles. The minimum absolute atomic E-state index is 0.330. The lowest BCUT2D eigenvalue weighted by atomic mass is 10.2. The number of nitrogens with one attached hydrogen (secondary N) is 2. The highest BCUT2D eigenvalue weighted by molar-refractivity contribution is 7.13. The fourth-order valence-corrected chi connectivity index (χ4v) is 2.61. The molecule has 21 heavy (non-hydrogen) atoms. The predicted molar refractivity (Wildman–Crippen MR) is 81.7 cm³/mol. The number of thiazole rings is 1. The maximum Gasteiger partial charge on any atom is 0.321 e. The van der Waals surface area contributed by atoms with Crippen molar-refractivity contribution in [1.82, 2.24) is 10.3 Å². The predicted octanol–water partition coefficient (Wildman–Crippen LogP) is 3.12. The summed E-state index contributed by atoms with van der Waals surface area (Å²) in [5.41, 5.74) is 0.963. The number of nitrogens with zero attached hydrogens (tertiary/aromatic N) is 1. The van der Waals surface area contributed by atoms with Gasteiger partial charge in [0.1, 0.15) is 17.6 Å². The molecular weight excluding hydrogens is 290 g/mol. The fourth-order valence-electron chi connectivity index (χ4n) is 1.82. The second-order valence-electron chi connectivity index (χ2n) is 4.55. The number of amides is 2. The van der Waals surface area contributed by atoms with Gasteiger partial charge in [0.15, 0.2) is 5.13 Å². The molecule has 2 rings (SSSR count). The van der Waals surface area contributed by atoms with E-state index in [0.29, 0.717) is 17.5 Å².